The lowest BCUT2D eigenvalue weighted by Crippen LogP contribution is -2.38. The summed E-state index contributed by atoms with van der Waals surface area (Å²) < 4.78 is 4.20. The standard InChI is InChI=1S/C16H22N4S/c1-12-15(17)19-21-16(12)18-14-7-9-20(10-8-14)11-13-5-3-2-4-6-13/h2-6,14,18H,7-11H2,1H3,(H2,17,19). The molecule has 0 radical (unpaired) electrons. The van der Waals surface area contributed by atoms with Crippen LogP contribution in [-0.2, 0) is 6.54 Å². The molecule has 0 bridgehead atoms. The van der Waals surface area contributed by atoms with E-state index in [1.807, 2.05) is 6.92 Å². The van der Waals surface area contributed by atoms with Crippen LogP contribution >= 0.6 is 11.5 Å². The van der Waals surface area contributed by atoms with Crippen molar-refractivity contribution in [3.8, 4) is 0 Å². The minimum Gasteiger partial charge on any atom is -0.383 e. The van der Waals surface area contributed by atoms with Crippen molar-refractivity contribution >= 4 is 22.4 Å². The van der Waals surface area contributed by atoms with Crippen LogP contribution in [-0.4, -0.2) is 28.4 Å². The Morgan fingerprint density at radius 3 is 2.62 bits per heavy atom. The number of aromatic nitrogens is 1. The number of nitrogens with zero attached hydrogens (tertiary/aromatic N) is 2. The van der Waals surface area contributed by atoms with E-state index in [1.54, 1.807) is 0 Å². The van der Waals surface area contributed by atoms with Gasteiger partial charge in [0.1, 0.15) is 10.8 Å². The molecule has 112 valence electrons. The Hall–Kier alpha value is -1.59. The van der Waals surface area contributed by atoms with E-state index in [-0.39, 0.29) is 0 Å². The van der Waals surface area contributed by atoms with Crippen LogP contribution in [0.25, 0.3) is 0 Å². The highest BCUT2D eigenvalue weighted by molar-refractivity contribution is 7.10. The van der Waals surface area contributed by atoms with Crippen molar-refractivity contribution in [1.29, 1.82) is 0 Å². The third-order valence-corrected chi connectivity index (χ3v) is 5.03. The summed E-state index contributed by atoms with van der Waals surface area (Å²) in [5.74, 6) is 0.656. The SMILES string of the molecule is Cc1c(N)nsc1NC1CCN(Cc2ccccc2)CC1. The van der Waals surface area contributed by atoms with Crippen molar-refractivity contribution in [3.05, 3.63) is 41.5 Å². The highest BCUT2D eigenvalue weighted by Gasteiger charge is 2.20. The van der Waals surface area contributed by atoms with Gasteiger partial charge in [-0.15, -0.1) is 0 Å². The van der Waals surface area contributed by atoms with E-state index in [0.717, 1.165) is 30.2 Å². The van der Waals surface area contributed by atoms with Crippen LogP contribution in [0, 0.1) is 6.92 Å². The number of nitrogens with two attached hydrogens (primary N) is 1. The van der Waals surface area contributed by atoms with Crippen molar-refractivity contribution in [1.82, 2.24) is 9.27 Å². The van der Waals surface area contributed by atoms with Crippen molar-refractivity contribution in [2.45, 2.75) is 32.4 Å². The van der Waals surface area contributed by atoms with Crippen molar-refractivity contribution in [2.24, 2.45) is 0 Å². The summed E-state index contributed by atoms with van der Waals surface area (Å²) in [6.45, 7) is 5.37. The first-order chi connectivity index (χ1) is 10.2. The molecule has 0 amide bonds. The molecule has 1 saturated heterocycles. The molecule has 1 aliphatic rings. The van der Waals surface area contributed by atoms with E-state index in [0.29, 0.717) is 11.9 Å². The second kappa shape index (κ2) is 6.45. The van der Waals surface area contributed by atoms with E-state index < -0.39 is 0 Å². The maximum Gasteiger partial charge on any atom is 0.142 e. The lowest BCUT2D eigenvalue weighted by atomic mass is 10.0. The van der Waals surface area contributed by atoms with Gasteiger partial charge in [-0.2, -0.15) is 4.37 Å². The van der Waals surface area contributed by atoms with Gasteiger partial charge in [0, 0.05) is 31.2 Å². The van der Waals surface area contributed by atoms with Gasteiger partial charge >= 0.3 is 0 Å². The fourth-order valence-electron chi connectivity index (χ4n) is 2.75. The molecule has 2 aromatic rings. The van der Waals surface area contributed by atoms with E-state index in [9.17, 15) is 0 Å². The van der Waals surface area contributed by atoms with Crippen molar-refractivity contribution in [2.75, 3.05) is 24.1 Å². The van der Waals surface area contributed by atoms with Crippen molar-refractivity contribution < 1.29 is 0 Å². The van der Waals surface area contributed by atoms with Gasteiger partial charge in [0.25, 0.3) is 0 Å². The molecule has 0 aliphatic carbocycles. The lowest BCUT2D eigenvalue weighted by molar-refractivity contribution is 0.211. The summed E-state index contributed by atoms with van der Waals surface area (Å²) in [7, 11) is 0. The minimum atomic E-state index is 0.538. The molecule has 2 heterocycles. The molecule has 0 unspecified atom stereocenters. The number of hydrogen-bond donors (Lipinski definition) is 2. The van der Waals surface area contributed by atoms with Gasteiger partial charge in [-0.25, -0.2) is 0 Å². The summed E-state index contributed by atoms with van der Waals surface area (Å²) in [6.07, 6.45) is 2.34. The van der Waals surface area contributed by atoms with E-state index >= 15 is 0 Å². The number of nitrogen functional groups attached to an aromatic ring is 1. The zero-order valence-corrected chi connectivity index (χ0v) is 13.2. The smallest absolute Gasteiger partial charge is 0.142 e. The van der Waals surface area contributed by atoms with E-state index in [4.69, 9.17) is 5.73 Å². The first kappa shape index (κ1) is 14.4. The Morgan fingerprint density at radius 1 is 1.29 bits per heavy atom. The number of likely N-dealkylation sites (tertiary alicyclic amines) is 1. The molecule has 0 spiro atoms. The van der Waals surface area contributed by atoms with Gasteiger partial charge in [0.15, 0.2) is 0 Å². The molecule has 21 heavy (non-hydrogen) atoms. The zero-order chi connectivity index (χ0) is 14.7. The predicted molar refractivity (Wildman–Crippen MR) is 89.6 cm³/mol. The molecule has 0 atom stereocenters. The predicted octanol–water partition coefficient (Wildman–Crippen LogP) is 3.11. The summed E-state index contributed by atoms with van der Waals surface area (Å²) in [4.78, 5) is 2.53. The zero-order valence-electron chi connectivity index (χ0n) is 12.4. The van der Waals surface area contributed by atoms with E-state index in [1.165, 1.54) is 29.9 Å². The van der Waals surface area contributed by atoms with Crippen LogP contribution in [0.5, 0.6) is 0 Å². The Morgan fingerprint density at radius 2 is 2.00 bits per heavy atom. The third kappa shape index (κ3) is 3.54. The molecular formula is C16H22N4S. The topological polar surface area (TPSA) is 54.2 Å². The molecule has 0 saturated carbocycles. The average Bonchev–Trinajstić information content (AvgIpc) is 2.82. The fourth-order valence-corrected chi connectivity index (χ4v) is 3.53. The largest absolute Gasteiger partial charge is 0.383 e. The second-order valence-electron chi connectivity index (χ2n) is 5.70. The van der Waals surface area contributed by atoms with Crippen LogP contribution < -0.4 is 11.1 Å². The monoisotopic (exact) mass is 302 g/mol. The Labute approximate surface area is 130 Å². The first-order valence-corrected chi connectivity index (χ1v) is 8.24. The summed E-state index contributed by atoms with van der Waals surface area (Å²) in [5, 5.41) is 4.74. The molecule has 1 aliphatic heterocycles. The van der Waals surface area contributed by atoms with Crippen LogP contribution in [0.2, 0.25) is 0 Å². The van der Waals surface area contributed by atoms with Crippen molar-refractivity contribution in [3.63, 3.8) is 0 Å². The number of hydrogen-bond acceptors (Lipinski definition) is 5. The molecular weight excluding hydrogens is 280 g/mol. The Bertz CT molecular complexity index is 573. The quantitative estimate of drug-likeness (QED) is 0.911. The number of nitrogens with one attached hydrogen (secondary N) is 1. The number of benzene rings is 1. The number of piperidine rings is 1. The normalized spacial score (nSPS) is 17.0. The first-order valence-electron chi connectivity index (χ1n) is 7.47. The highest BCUT2D eigenvalue weighted by Crippen LogP contribution is 2.28. The number of anilines is 2. The molecule has 3 rings (SSSR count). The van der Waals surface area contributed by atoms with Gasteiger partial charge < -0.3 is 11.1 Å². The molecule has 3 N–H and O–H groups in total. The minimum absolute atomic E-state index is 0.538. The van der Waals surface area contributed by atoms with Gasteiger partial charge in [-0.3, -0.25) is 4.90 Å². The molecule has 5 heteroatoms. The molecule has 4 nitrogen and oxygen atoms in total. The van der Waals surface area contributed by atoms with Crippen LogP contribution in [0.1, 0.15) is 24.0 Å². The fraction of sp³-hybridized carbons (Fsp3) is 0.438. The van der Waals surface area contributed by atoms with Gasteiger partial charge in [0.05, 0.1) is 0 Å². The Balaban J connectivity index is 1.50. The molecule has 1 fully saturated rings. The lowest BCUT2D eigenvalue weighted by Gasteiger charge is -2.32. The number of rotatable bonds is 4. The summed E-state index contributed by atoms with van der Waals surface area (Å²) in [5.41, 5.74) is 8.29. The molecule has 1 aromatic carbocycles. The van der Waals surface area contributed by atoms with E-state index in [2.05, 4.69) is 44.9 Å². The van der Waals surface area contributed by atoms with Gasteiger partial charge in [0.2, 0.25) is 0 Å². The summed E-state index contributed by atoms with van der Waals surface area (Å²) >= 11 is 1.47. The molecule has 1 aromatic heterocycles. The summed E-state index contributed by atoms with van der Waals surface area (Å²) in [6, 6.07) is 11.2. The average molecular weight is 302 g/mol. The Kier molecular flexibility index (Phi) is 4.41. The maximum absolute atomic E-state index is 5.80. The van der Waals surface area contributed by atoms with Crippen LogP contribution in [0.3, 0.4) is 0 Å². The third-order valence-electron chi connectivity index (χ3n) is 4.13. The van der Waals surface area contributed by atoms with Crippen LogP contribution in [0.4, 0.5) is 10.8 Å². The highest BCUT2D eigenvalue weighted by atomic mass is 32.1. The van der Waals surface area contributed by atoms with Gasteiger partial charge in [-0.1, -0.05) is 30.3 Å². The van der Waals surface area contributed by atoms with Crippen LogP contribution in [0.15, 0.2) is 30.3 Å². The maximum atomic E-state index is 5.80. The second-order valence-corrected chi connectivity index (χ2v) is 6.48. The van der Waals surface area contributed by atoms with Gasteiger partial charge in [-0.05, 0) is 36.9 Å².